The van der Waals surface area contributed by atoms with Crippen LogP contribution in [0.5, 0.6) is 11.5 Å². The molecule has 7 heteroatoms. The van der Waals surface area contributed by atoms with Gasteiger partial charge in [-0.15, -0.1) is 0 Å². The van der Waals surface area contributed by atoms with E-state index in [0.717, 1.165) is 5.56 Å². The first-order valence-electron chi connectivity index (χ1n) is 12.3. The lowest BCUT2D eigenvalue weighted by Crippen LogP contribution is -2.29. The van der Waals surface area contributed by atoms with Gasteiger partial charge in [0.25, 0.3) is 11.7 Å². The lowest BCUT2D eigenvalue weighted by Gasteiger charge is -2.24. The topological polar surface area (TPSA) is 89.0 Å². The van der Waals surface area contributed by atoms with Crippen molar-refractivity contribution in [2.24, 2.45) is 0 Å². The number of ether oxygens (including phenoxy) is 2. The van der Waals surface area contributed by atoms with E-state index in [4.69, 9.17) is 9.47 Å². The zero-order valence-corrected chi connectivity index (χ0v) is 20.8. The summed E-state index contributed by atoms with van der Waals surface area (Å²) in [4.78, 5) is 32.5. The quantitative estimate of drug-likeness (QED) is 0.188. The lowest BCUT2D eigenvalue weighted by atomic mass is 9.98. The minimum absolute atomic E-state index is 0.0354. The zero-order valence-electron chi connectivity index (χ0n) is 20.8. The van der Waals surface area contributed by atoms with E-state index in [2.05, 4.69) is 4.98 Å². The Kier molecular flexibility index (Phi) is 7.17. The van der Waals surface area contributed by atoms with Gasteiger partial charge >= 0.3 is 0 Å². The van der Waals surface area contributed by atoms with Gasteiger partial charge in [0.05, 0.1) is 17.9 Å². The molecule has 0 spiro atoms. The van der Waals surface area contributed by atoms with Crippen molar-refractivity contribution in [2.45, 2.75) is 19.6 Å². The molecule has 38 heavy (non-hydrogen) atoms. The van der Waals surface area contributed by atoms with Crippen LogP contribution in [-0.2, 0) is 16.2 Å². The number of hydrogen-bond donors (Lipinski definition) is 1. The van der Waals surface area contributed by atoms with Crippen molar-refractivity contribution in [1.82, 2.24) is 4.98 Å². The summed E-state index contributed by atoms with van der Waals surface area (Å²) in [5.41, 5.74) is 2.31. The molecule has 0 aliphatic carbocycles. The second-order valence-electron chi connectivity index (χ2n) is 8.65. The van der Waals surface area contributed by atoms with E-state index in [1.165, 1.54) is 4.90 Å². The van der Waals surface area contributed by atoms with Crippen molar-refractivity contribution >= 4 is 23.1 Å². The van der Waals surface area contributed by atoms with E-state index < -0.39 is 17.7 Å². The molecule has 1 amide bonds. The number of ketones is 1. The Bertz CT molecular complexity index is 1470. The van der Waals surface area contributed by atoms with Crippen molar-refractivity contribution in [3.63, 3.8) is 0 Å². The number of benzene rings is 3. The third-order valence-corrected chi connectivity index (χ3v) is 6.19. The monoisotopic (exact) mass is 506 g/mol. The maximum Gasteiger partial charge on any atom is 0.300 e. The largest absolute Gasteiger partial charge is 0.507 e. The van der Waals surface area contributed by atoms with Gasteiger partial charge in [-0.2, -0.15) is 0 Å². The molecule has 0 saturated carbocycles. The van der Waals surface area contributed by atoms with E-state index in [1.807, 2.05) is 37.3 Å². The number of amides is 1. The minimum Gasteiger partial charge on any atom is -0.507 e. The summed E-state index contributed by atoms with van der Waals surface area (Å²) in [6, 6.07) is 27.9. The van der Waals surface area contributed by atoms with Crippen LogP contribution in [0.3, 0.4) is 0 Å². The molecule has 0 radical (unpaired) electrons. The fourth-order valence-corrected chi connectivity index (χ4v) is 4.42. The van der Waals surface area contributed by atoms with E-state index in [0.29, 0.717) is 41.7 Å². The fourth-order valence-electron chi connectivity index (χ4n) is 4.42. The number of rotatable bonds is 8. The first-order valence-corrected chi connectivity index (χ1v) is 12.3. The Labute approximate surface area is 220 Å². The van der Waals surface area contributed by atoms with Crippen LogP contribution in [0.15, 0.2) is 109 Å². The molecule has 1 aromatic heterocycles. The van der Waals surface area contributed by atoms with Gasteiger partial charge in [-0.3, -0.25) is 19.5 Å². The molecule has 1 unspecified atom stereocenters. The van der Waals surface area contributed by atoms with Crippen molar-refractivity contribution in [1.29, 1.82) is 0 Å². The van der Waals surface area contributed by atoms with Crippen LogP contribution in [0.25, 0.3) is 5.76 Å². The summed E-state index contributed by atoms with van der Waals surface area (Å²) in [7, 11) is 0. The van der Waals surface area contributed by atoms with E-state index in [1.54, 1.807) is 72.9 Å². The molecule has 1 N–H and O–H groups in total. The second kappa shape index (κ2) is 11.0. The van der Waals surface area contributed by atoms with Gasteiger partial charge in [0.15, 0.2) is 0 Å². The normalized spacial score (nSPS) is 16.4. The van der Waals surface area contributed by atoms with Crippen LogP contribution in [0.1, 0.15) is 29.8 Å². The highest BCUT2D eigenvalue weighted by molar-refractivity contribution is 6.51. The number of carbonyl (C=O) groups is 2. The highest BCUT2D eigenvalue weighted by atomic mass is 16.5. The molecule has 1 aliphatic rings. The van der Waals surface area contributed by atoms with Crippen LogP contribution < -0.4 is 14.4 Å². The molecular formula is C31H26N2O5. The number of aliphatic hydroxyl groups is 1. The molecule has 190 valence electrons. The van der Waals surface area contributed by atoms with Crippen molar-refractivity contribution in [2.75, 3.05) is 11.5 Å². The number of pyridine rings is 1. The van der Waals surface area contributed by atoms with Crippen LogP contribution >= 0.6 is 0 Å². The molecule has 1 fully saturated rings. The van der Waals surface area contributed by atoms with Gasteiger partial charge in [0.2, 0.25) is 0 Å². The highest BCUT2D eigenvalue weighted by Gasteiger charge is 2.47. The number of carbonyl (C=O) groups excluding carboxylic acids is 2. The third kappa shape index (κ3) is 4.99. The van der Waals surface area contributed by atoms with E-state index >= 15 is 0 Å². The molecule has 3 aromatic carbocycles. The molecular weight excluding hydrogens is 480 g/mol. The summed E-state index contributed by atoms with van der Waals surface area (Å²) >= 11 is 0. The first-order chi connectivity index (χ1) is 18.6. The molecule has 1 aliphatic heterocycles. The van der Waals surface area contributed by atoms with Crippen molar-refractivity contribution < 1.29 is 24.2 Å². The molecule has 1 atom stereocenters. The van der Waals surface area contributed by atoms with Crippen molar-refractivity contribution in [3.05, 3.63) is 126 Å². The number of aliphatic hydroxyl groups excluding tert-OH is 1. The summed E-state index contributed by atoms with van der Waals surface area (Å²) in [6.07, 6.45) is 1.59. The maximum absolute atomic E-state index is 13.3. The Balaban J connectivity index is 1.51. The van der Waals surface area contributed by atoms with Crippen LogP contribution in [0, 0.1) is 0 Å². The maximum atomic E-state index is 13.3. The molecule has 2 heterocycles. The van der Waals surface area contributed by atoms with Crippen LogP contribution in [0.4, 0.5) is 5.69 Å². The number of aromatic nitrogens is 1. The van der Waals surface area contributed by atoms with Crippen LogP contribution in [-0.4, -0.2) is 28.4 Å². The first kappa shape index (κ1) is 24.8. The predicted molar refractivity (Wildman–Crippen MR) is 144 cm³/mol. The molecule has 1 saturated heterocycles. The summed E-state index contributed by atoms with van der Waals surface area (Å²) < 4.78 is 11.4. The van der Waals surface area contributed by atoms with Gasteiger partial charge < -0.3 is 14.6 Å². The van der Waals surface area contributed by atoms with Gasteiger partial charge in [-0.25, -0.2) is 0 Å². The second-order valence-corrected chi connectivity index (χ2v) is 8.65. The minimum atomic E-state index is -0.914. The predicted octanol–water partition coefficient (Wildman–Crippen LogP) is 5.69. The Morgan fingerprint density at radius 1 is 0.868 bits per heavy atom. The standard InChI is InChI=1S/C31H26N2O5/c1-2-37-25-12-8-11-22(19-25)29(34)27-28(26-13-6-7-18-32-26)33(31(36)30(27)35)23-14-16-24(17-15-23)38-20-21-9-4-3-5-10-21/h3-19,28,34H,2,20H2,1H3/b29-27-. The van der Waals surface area contributed by atoms with Gasteiger partial charge in [-0.1, -0.05) is 48.5 Å². The molecule has 5 rings (SSSR count). The zero-order chi connectivity index (χ0) is 26.5. The Morgan fingerprint density at radius 2 is 1.63 bits per heavy atom. The number of nitrogens with zero attached hydrogens (tertiary/aromatic N) is 2. The number of Topliss-reactive ketones (excluding diaryl/α,β-unsaturated/α-hetero) is 1. The average molecular weight is 507 g/mol. The molecule has 4 aromatic rings. The Hall–Kier alpha value is -4.91. The average Bonchev–Trinajstić information content (AvgIpc) is 3.23. The van der Waals surface area contributed by atoms with E-state index in [-0.39, 0.29) is 11.3 Å². The molecule has 7 nitrogen and oxygen atoms in total. The molecule has 0 bridgehead atoms. The summed E-state index contributed by atoms with van der Waals surface area (Å²) in [6.45, 7) is 2.71. The third-order valence-electron chi connectivity index (χ3n) is 6.19. The van der Waals surface area contributed by atoms with Crippen molar-refractivity contribution in [3.8, 4) is 11.5 Å². The SMILES string of the molecule is CCOc1cccc(/C(O)=C2/C(=O)C(=O)N(c3ccc(OCc4ccccc4)cc3)C2c2ccccn2)c1. The van der Waals surface area contributed by atoms with Gasteiger partial charge in [-0.05, 0) is 61.0 Å². The fraction of sp³-hybridized carbons (Fsp3) is 0.129. The smallest absolute Gasteiger partial charge is 0.300 e. The van der Waals surface area contributed by atoms with Gasteiger partial charge in [0, 0.05) is 17.4 Å². The number of anilines is 1. The lowest BCUT2D eigenvalue weighted by molar-refractivity contribution is -0.132. The summed E-state index contributed by atoms with van der Waals surface area (Å²) in [5, 5.41) is 11.3. The Morgan fingerprint density at radius 3 is 2.34 bits per heavy atom. The van der Waals surface area contributed by atoms with Crippen LogP contribution in [0.2, 0.25) is 0 Å². The summed E-state index contributed by atoms with van der Waals surface area (Å²) in [5.74, 6) is -0.654. The van der Waals surface area contributed by atoms with Gasteiger partial charge in [0.1, 0.15) is 29.9 Å². The highest BCUT2D eigenvalue weighted by Crippen LogP contribution is 2.42. The van der Waals surface area contributed by atoms with E-state index in [9.17, 15) is 14.7 Å². The number of hydrogen-bond acceptors (Lipinski definition) is 6.